The van der Waals surface area contributed by atoms with E-state index in [1.807, 2.05) is 0 Å². The third-order valence-electron chi connectivity index (χ3n) is 4.55. The number of amides is 4. The molecule has 2 N–H and O–H groups in total. The normalized spacial score (nSPS) is 21.8. The Morgan fingerprint density at radius 2 is 2.11 bits per heavy atom. The van der Waals surface area contributed by atoms with Gasteiger partial charge >= 0.3 is 12.0 Å². The number of hydrogen-bond acceptors (Lipinski definition) is 5. The maximum absolute atomic E-state index is 13.6. The highest BCUT2D eigenvalue weighted by atomic mass is 35.5. The lowest BCUT2D eigenvalue weighted by Gasteiger charge is -2.20. The summed E-state index contributed by atoms with van der Waals surface area (Å²) in [5.74, 6) is -2.84. The number of carbonyl (C=O) groups is 4. The molecule has 1 aliphatic carbocycles. The molecule has 0 spiro atoms. The summed E-state index contributed by atoms with van der Waals surface area (Å²) in [4.78, 5) is 48.8. The molecule has 8 nitrogen and oxygen atoms in total. The summed E-state index contributed by atoms with van der Waals surface area (Å²) in [6, 6.07) is 2.94. The Morgan fingerprint density at radius 3 is 2.78 bits per heavy atom. The zero-order chi connectivity index (χ0) is 19.8. The van der Waals surface area contributed by atoms with Gasteiger partial charge in [0, 0.05) is 5.02 Å². The zero-order valence-corrected chi connectivity index (χ0v) is 15.1. The van der Waals surface area contributed by atoms with Crippen molar-refractivity contribution in [2.75, 3.05) is 18.5 Å². The van der Waals surface area contributed by atoms with E-state index in [9.17, 15) is 23.6 Å². The van der Waals surface area contributed by atoms with Gasteiger partial charge in [-0.1, -0.05) is 11.6 Å². The number of rotatable bonds is 6. The summed E-state index contributed by atoms with van der Waals surface area (Å²) in [5, 5.41) is 5.04. The lowest BCUT2D eigenvalue weighted by Crippen LogP contribution is -2.46. The third kappa shape index (κ3) is 4.02. The van der Waals surface area contributed by atoms with Crippen molar-refractivity contribution in [2.24, 2.45) is 5.92 Å². The van der Waals surface area contributed by atoms with E-state index in [2.05, 4.69) is 10.6 Å². The molecule has 4 amide bonds. The number of nitrogens with zero attached hydrogens (tertiary/aromatic N) is 1. The van der Waals surface area contributed by atoms with E-state index >= 15 is 0 Å². The van der Waals surface area contributed by atoms with Gasteiger partial charge in [-0.25, -0.2) is 9.18 Å². The van der Waals surface area contributed by atoms with E-state index < -0.39 is 48.3 Å². The standard InChI is InChI=1S/C17H17ClFN3O5/c1-17(9-2-3-9)15(25)22(16(26)21-17)7-14(24)27-8-13(23)20-12-6-10(18)4-5-11(12)19/h4-6,9H,2-3,7-8H2,1H3,(H,20,23)(H,21,26)/t17-/m1/s1. The molecule has 0 aromatic heterocycles. The quantitative estimate of drug-likeness (QED) is 0.561. The van der Waals surface area contributed by atoms with Crippen molar-refractivity contribution in [1.29, 1.82) is 0 Å². The van der Waals surface area contributed by atoms with Crippen LogP contribution in [0.2, 0.25) is 5.02 Å². The van der Waals surface area contributed by atoms with Crippen molar-refractivity contribution in [3.63, 3.8) is 0 Å². The number of halogens is 2. The SMILES string of the molecule is C[C@]1(C2CC2)NC(=O)N(CC(=O)OCC(=O)Nc2cc(Cl)ccc2F)C1=O. The number of carbonyl (C=O) groups excluding carboxylic acids is 4. The van der Waals surface area contributed by atoms with Crippen molar-refractivity contribution >= 4 is 41.1 Å². The molecule has 1 saturated carbocycles. The van der Waals surface area contributed by atoms with Crippen molar-refractivity contribution in [3.8, 4) is 0 Å². The average molecular weight is 398 g/mol. The van der Waals surface area contributed by atoms with Gasteiger partial charge in [-0.15, -0.1) is 0 Å². The molecule has 1 aromatic carbocycles. The molecule has 3 rings (SSSR count). The lowest BCUT2D eigenvalue weighted by molar-refractivity contribution is -0.150. The van der Waals surface area contributed by atoms with Gasteiger partial charge in [-0.05, 0) is 43.9 Å². The Labute approximate surface area is 159 Å². The van der Waals surface area contributed by atoms with Gasteiger partial charge in [0.05, 0.1) is 5.69 Å². The van der Waals surface area contributed by atoms with Crippen LogP contribution >= 0.6 is 11.6 Å². The maximum Gasteiger partial charge on any atom is 0.326 e. The second kappa shape index (κ2) is 7.15. The van der Waals surface area contributed by atoms with Crippen LogP contribution in [0, 0.1) is 11.7 Å². The summed E-state index contributed by atoms with van der Waals surface area (Å²) in [6.07, 6.45) is 1.67. The molecule has 0 radical (unpaired) electrons. The fourth-order valence-electron chi connectivity index (χ4n) is 2.90. The van der Waals surface area contributed by atoms with Crippen molar-refractivity contribution < 1.29 is 28.3 Å². The first-order chi connectivity index (χ1) is 12.7. The van der Waals surface area contributed by atoms with Gasteiger partial charge in [-0.3, -0.25) is 19.3 Å². The molecule has 2 fully saturated rings. The summed E-state index contributed by atoms with van der Waals surface area (Å²) in [5.41, 5.74) is -1.16. The maximum atomic E-state index is 13.6. The smallest absolute Gasteiger partial charge is 0.326 e. The average Bonchev–Trinajstić information content (AvgIpc) is 3.43. The Kier molecular flexibility index (Phi) is 5.05. The van der Waals surface area contributed by atoms with E-state index in [4.69, 9.17) is 16.3 Å². The Bertz CT molecular complexity index is 829. The number of benzene rings is 1. The molecule has 10 heteroatoms. The topological polar surface area (TPSA) is 105 Å². The minimum Gasteiger partial charge on any atom is -0.454 e. The van der Waals surface area contributed by atoms with Crippen molar-refractivity contribution in [2.45, 2.75) is 25.3 Å². The van der Waals surface area contributed by atoms with E-state index in [0.29, 0.717) is 0 Å². The van der Waals surface area contributed by atoms with Crippen LogP contribution in [0.1, 0.15) is 19.8 Å². The predicted octanol–water partition coefficient (Wildman–Crippen LogP) is 1.68. The molecule has 0 unspecified atom stereocenters. The lowest BCUT2D eigenvalue weighted by atomic mass is 9.96. The van der Waals surface area contributed by atoms with Crippen LogP contribution in [0.25, 0.3) is 0 Å². The highest BCUT2D eigenvalue weighted by molar-refractivity contribution is 6.30. The van der Waals surface area contributed by atoms with Crippen LogP contribution in [0.15, 0.2) is 18.2 Å². The van der Waals surface area contributed by atoms with Crippen LogP contribution in [0.3, 0.4) is 0 Å². The molecular formula is C17H17ClFN3O5. The van der Waals surface area contributed by atoms with Gasteiger partial charge < -0.3 is 15.4 Å². The first-order valence-corrected chi connectivity index (χ1v) is 8.63. The summed E-state index contributed by atoms with van der Waals surface area (Å²) in [7, 11) is 0. The molecule has 1 aromatic rings. The Balaban J connectivity index is 1.51. The number of nitrogens with one attached hydrogen (secondary N) is 2. The fourth-order valence-corrected chi connectivity index (χ4v) is 3.07. The second-order valence-electron chi connectivity index (χ2n) is 6.63. The van der Waals surface area contributed by atoms with Crippen LogP contribution in [0.5, 0.6) is 0 Å². The number of urea groups is 1. The van der Waals surface area contributed by atoms with Crippen LogP contribution in [-0.2, 0) is 19.1 Å². The summed E-state index contributed by atoms with van der Waals surface area (Å²) < 4.78 is 18.3. The zero-order valence-electron chi connectivity index (χ0n) is 14.4. The molecule has 2 aliphatic rings. The van der Waals surface area contributed by atoms with Gasteiger partial charge in [0.15, 0.2) is 6.61 Å². The minimum absolute atomic E-state index is 0.0633. The molecule has 0 bridgehead atoms. The number of hydrogen-bond donors (Lipinski definition) is 2. The van der Waals surface area contributed by atoms with E-state index in [-0.39, 0.29) is 16.6 Å². The monoisotopic (exact) mass is 397 g/mol. The van der Waals surface area contributed by atoms with Crippen LogP contribution in [0.4, 0.5) is 14.9 Å². The first-order valence-electron chi connectivity index (χ1n) is 8.25. The van der Waals surface area contributed by atoms with Gasteiger partial charge in [0.1, 0.15) is 17.9 Å². The van der Waals surface area contributed by atoms with Crippen LogP contribution < -0.4 is 10.6 Å². The molecule has 27 heavy (non-hydrogen) atoms. The second-order valence-corrected chi connectivity index (χ2v) is 7.07. The molecule has 1 saturated heterocycles. The van der Waals surface area contributed by atoms with Crippen LogP contribution in [-0.4, -0.2) is 47.4 Å². The van der Waals surface area contributed by atoms with Crippen molar-refractivity contribution in [3.05, 3.63) is 29.0 Å². The van der Waals surface area contributed by atoms with Gasteiger partial charge in [0.25, 0.3) is 11.8 Å². The molecule has 144 valence electrons. The summed E-state index contributed by atoms with van der Waals surface area (Å²) >= 11 is 5.72. The molecule has 1 aliphatic heterocycles. The van der Waals surface area contributed by atoms with Gasteiger partial charge in [-0.2, -0.15) is 0 Å². The summed E-state index contributed by atoms with van der Waals surface area (Å²) in [6.45, 7) is 0.323. The number of esters is 1. The highest BCUT2D eigenvalue weighted by Crippen LogP contribution is 2.42. The van der Waals surface area contributed by atoms with E-state index in [1.54, 1.807) is 6.92 Å². The van der Waals surface area contributed by atoms with E-state index in [1.165, 1.54) is 12.1 Å². The van der Waals surface area contributed by atoms with E-state index in [0.717, 1.165) is 23.8 Å². The Hall–Kier alpha value is -2.68. The Morgan fingerprint density at radius 1 is 1.41 bits per heavy atom. The minimum atomic E-state index is -1.00. The number of anilines is 1. The molecule has 1 atom stereocenters. The largest absolute Gasteiger partial charge is 0.454 e. The van der Waals surface area contributed by atoms with Gasteiger partial charge in [0.2, 0.25) is 0 Å². The molecule has 1 heterocycles. The predicted molar refractivity (Wildman–Crippen MR) is 92.4 cm³/mol. The first kappa shape index (κ1) is 19.1. The van der Waals surface area contributed by atoms with Crippen molar-refractivity contribution in [1.82, 2.24) is 10.2 Å². The highest BCUT2D eigenvalue weighted by Gasteiger charge is 2.56. The fraction of sp³-hybridized carbons (Fsp3) is 0.412. The molecular weight excluding hydrogens is 381 g/mol. The third-order valence-corrected chi connectivity index (χ3v) is 4.78. The number of imide groups is 1. The number of ether oxygens (including phenoxy) is 1.